The van der Waals surface area contributed by atoms with E-state index in [4.69, 9.17) is 5.73 Å². The highest BCUT2D eigenvalue weighted by atomic mass is 16.2. The van der Waals surface area contributed by atoms with E-state index in [0.29, 0.717) is 12.0 Å². The molecule has 4 heteroatoms. The number of piperazine rings is 1. The zero-order valence-corrected chi connectivity index (χ0v) is 11.3. The quantitative estimate of drug-likeness (QED) is 0.770. The lowest BCUT2D eigenvalue weighted by atomic mass is 9.91. The van der Waals surface area contributed by atoms with Gasteiger partial charge in [-0.1, -0.05) is 6.42 Å². The maximum absolute atomic E-state index is 12.3. The van der Waals surface area contributed by atoms with Crippen LogP contribution in [-0.4, -0.2) is 54.0 Å². The highest BCUT2D eigenvalue weighted by Gasteiger charge is 2.46. The molecule has 0 aromatic heterocycles. The smallest absolute Gasteiger partial charge is 0.242 e. The molecule has 17 heavy (non-hydrogen) atoms. The van der Waals surface area contributed by atoms with Crippen LogP contribution in [0.2, 0.25) is 0 Å². The Hall–Kier alpha value is -0.610. The molecule has 2 atom stereocenters. The molecule has 1 saturated heterocycles. The summed E-state index contributed by atoms with van der Waals surface area (Å²) in [6.45, 7) is 6.68. The third-order valence-corrected chi connectivity index (χ3v) is 4.59. The molecule has 2 N–H and O–H groups in total. The van der Waals surface area contributed by atoms with Gasteiger partial charge in [0.05, 0.1) is 5.54 Å². The number of hydrogen-bond acceptors (Lipinski definition) is 3. The Morgan fingerprint density at radius 3 is 2.71 bits per heavy atom. The SMILES string of the molecule is CN1CCN(C2CCCC2CN)C(C)(C)C1=O. The fraction of sp³-hybridized carbons (Fsp3) is 0.923. The fourth-order valence-electron chi connectivity index (χ4n) is 3.51. The van der Waals surface area contributed by atoms with Gasteiger partial charge in [-0.3, -0.25) is 9.69 Å². The van der Waals surface area contributed by atoms with Crippen LogP contribution in [-0.2, 0) is 4.79 Å². The number of nitrogens with zero attached hydrogens (tertiary/aromatic N) is 2. The predicted octanol–water partition coefficient (Wildman–Crippen LogP) is 0.666. The summed E-state index contributed by atoms with van der Waals surface area (Å²) in [5, 5.41) is 0. The minimum atomic E-state index is -0.366. The molecule has 1 aliphatic carbocycles. The molecule has 4 nitrogen and oxygen atoms in total. The number of amides is 1. The minimum absolute atomic E-state index is 0.242. The van der Waals surface area contributed by atoms with Crippen LogP contribution in [0.3, 0.4) is 0 Å². The first kappa shape index (κ1) is 12.8. The van der Waals surface area contributed by atoms with E-state index in [0.717, 1.165) is 19.6 Å². The predicted molar refractivity (Wildman–Crippen MR) is 68.6 cm³/mol. The molecule has 2 unspecified atom stereocenters. The van der Waals surface area contributed by atoms with Crippen LogP contribution in [0.25, 0.3) is 0 Å². The van der Waals surface area contributed by atoms with Gasteiger partial charge in [0.25, 0.3) is 0 Å². The van der Waals surface area contributed by atoms with Crippen molar-refractivity contribution >= 4 is 5.91 Å². The molecular formula is C13H25N3O. The molecule has 1 amide bonds. The van der Waals surface area contributed by atoms with Gasteiger partial charge in [-0.05, 0) is 39.2 Å². The number of likely N-dealkylation sites (N-methyl/N-ethyl adjacent to an activating group) is 1. The lowest BCUT2D eigenvalue weighted by Gasteiger charge is -2.49. The molecule has 0 radical (unpaired) electrons. The normalized spacial score (nSPS) is 34.4. The van der Waals surface area contributed by atoms with Crippen molar-refractivity contribution < 1.29 is 4.79 Å². The van der Waals surface area contributed by atoms with E-state index in [9.17, 15) is 4.79 Å². The number of carbonyl (C=O) groups is 1. The van der Waals surface area contributed by atoms with Crippen molar-refractivity contribution in [1.82, 2.24) is 9.80 Å². The van der Waals surface area contributed by atoms with Crippen molar-refractivity contribution in [2.45, 2.75) is 44.7 Å². The first-order valence-electron chi connectivity index (χ1n) is 6.71. The molecule has 2 fully saturated rings. The zero-order chi connectivity index (χ0) is 12.6. The van der Waals surface area contributed by atoms with Gasteiger partial charge in [0.15, 0.2) is 0 Å². The number of hydrogen-bond donors (Lipinski definition) is 1. The highest BCUT2D eigenvalue weighted by Crippen LogP contribution is 2.35. The van der Waals surface area contributed by atoms with Gasteiger partial charge >= 0.3 is 0 Å². The van der Waals surface area contributed by atoms with Crippen LogP contribution in [0, 0.1) is 5.92 Å². The first-order valence-corrected chi connectivity index (χ1v) is 6.71. The molecule has 0 spiro atoms. The maximum atomic E-state index is 12.3. The van der Waals surface area contributed by atoms with Gasteiger partial charge in [-0.15, -0.1) is 0 Å². The first-order chi connectivity index (χ1) is 7.98. The molecule has 1 heterocycles. The van der Waals surface area contributed by atoms with Gasteiger partial charge in [0.2, 0.25) is 5.91 Å². The van der Waals surface area contributed by atoms with Crippen LogP contribution in [0.15, 0.2) is 0 Å². The molecular weight excluding hydrogens is 214 g/mol. The Labute approximate surface area is 104 Å². The lowest BCUT2D eigenvalue weighted by molar-refractivity contribution is -0.150. The van der Waals surface area contributed by atoms with E-state index in [1.165, 1.54) is 19.3 Å². The van der Waals surface area contributed by atoms with E-state index in [2.05, 4.69) is 18.7 Å². The van der Waals surface area contributed by atoms with Gasteiger partial charge in [-0.25, -0.2) is 0 Å². The van der Waals surface area contributed by atoms with E-state index in [1.54, 1.807) is 0 Å². The zero-order valence-electron chi connectivity index (χ0n) is 11.3. The van der Waals surface area contributed by atoms with Gasteiger partial charge in [-0.2, -0.15) is 0 Å². The second-order valence-corrected chi connectivity index (χ2v) is 5.97. The highest BCUT2D eigenvalue weighted by molar-refractivity contribution is 5.86. The van der Waals surface area contributed by atoms with Gasteiger partial charge in [0, 0.05) is 26.2 Å². The van der Waals surface area contributed by atoms with E-state index >= 15 is 0 Å². The summed E-state index contributed by atoms with van der Waals surface area (Å²) < 4.78 is 0. The minimum Gasteiger partial charge on any atom is -0.343 e. The summed E-state index contributed by atoms with van der Waals surface area (Å²) >= 11 is 0. The van der Waals surface area contributed by atoms with Gasteiger partial charge in [0.1, 0.15) is 0 Å². The molecule has 2 aliphatic rings. The van der Waals surface area contributed by atoms with Crippen LogP contribution in [0.5, 0.6) is 0 Å². The Bertz CT molecular complexity index is 303. The second-order valence-electron chi connectivity index (χ2n) is 5.97. The molecule has 0 aromatic rings. The van der Waals surface area contributed by atoms with Crippen LogP contribution < -0.4 is 5.73 Å². The van der Waals surface area contributed by atoms with Crippen molar-refractivity contribution in [3.8, 4) is 0 Å². The Morgan fingerprint density at radius 2 is 2.06 bits per heavy atom. The topological polar surface area (TPSA) is 49.6 Å². The van der Waals surface area contributed by atoms with E-state index in [1.807, 2.05) is 11.9 Å². The van der Waals surface area contributed by atoms with E-state index < -0.39 is 0 Å². The van der Waals surface area contributed by atoms with E-state index in [-0.39, 0.29) is 11.4 Å². The van der Waals surface area contributed by atoms with Crippen molar-refractivity contribution in [2.24, 2.45) is 11.7 Å². The monoisotopic (exact) mass is 239 g/mol. The molecule has 1 saturated carbocycles. The molecule has 98 valence electrons. The number of rotatable bonds is 2. The lowest BCUT2D eigenvalue weighted by Crippen LogP contribution is -2.65. The summed E-state index contributed by atoms with van der Waals surface area (Å²) in [6, 6.07) is 0.507. The Kier molecular flexibility index (Phi) is 3.46. The molecule has 2 rings (SSSR count). The van der Waals surface area contributed by atoms with Gasteiger partial charge < -0.3 is 10.6 Å². The fourth-order valence-corrected chi connectivity index (χ4v) is 3.51. The standard InChI is InChI=1S/C13H25N3O/c1-13(2)12(17)15(3)7-8-16(13)11-6-4-5-10(11)9-14/h10-11H,4-9,14H2,1-3H3. The number of carbonyl (C=O) groups excluding carboxylic acids is 1. The summed E-state index contributed by atoms with van der Waals surface area (Å²) in [5.74, 6) is 0.817. The van der Waals surface area contributed by atoms with Crippen molar-refractivity contribution in [2.75, 3.05) is 26.7 Å². The third kappa shape index (κ3) is 2.08. The Balaban J connectivity index is 2.17. The van der Waals surface area contributed by atoms with Crippen molar-refractivity contribution in [3.63, 3.8) is 0 Å². The summed E-state index contributed by atoms with van der Waals surface area (Å²) in [5.41, 5.74) is 5.49. The molecule has 1 aliphatic heterocycles. The molecule has 0 bridgehead atoms. The molecule has 0 aromatic carbocycles. The van der Waals surface area contributed by atoms with Crippen LogP contribution in [0.1, 0.15) is 33.1 Å². The second kappa shape index (κ2) is 4.58. The summed E-state index contributed by atoms with van der Waals surface area (Å²) in [7, 11) is 1.90. The maximum Gasteiger partial charge on any atom is 0.242 e. The average molecular weight is 239 g/mol. The Morgan fingerprint density at radius 1 is 1.35 bits per heavy atom. The largest absolute Gasteiger partial charge is 0.343 e. The van der Waals surface area contributed by atoms with Crippen LogP contribution in [0.4, 0.5) is 0 Å². The van der Waals surface area contributed by atoms with Crippen molar-refractivity contribution in [3.05, 3.63) is 0 Å². The summed E-state index contributed by atoms with van der Waals surface area (Å²) in [4.78, 5) is 16.5. The average Bonchev–Trinajstić information content (AvgIpc) is 2.74. The summed E-state index contributed by atoms with van der Waals surface area (Å²) in [6.07, 6.45) is 3.67. The third-order valence-electron chi connectivity index (χ3n) is 4.59. The van der Waals surface area contributed by atoms with Crippen molar-refractivity contribution in [1.29, 1.82) is 0 Å². The number of nitrogens with two attached hydrogens (primary N) is 1. The van der Waals surface area contributed by atoms with Crippen LogP contribution >= 0.6 is 0 Å².